The molecule has 2 aromatic carbocycles. The Hall–Kier alpha value is -1.52. The van der Waals surface area contributed by atoms with Crippen LogP contribution in [-0.2, 0) is 0 Å². The second kappa shape index (κ2) is 4.77. The number of benzene rings is 1. The van der Waals surface area contributed by atoms with E-state index in [4.69, 9.17) is 0 Å². The van der Waals surface area contributed by atoms with Gasteiger partial charge in [-0.25, -0.2) is 12.1 Å². The smallest absolute Gasteiger partial charge is 0.0131 e. The lowest BCUT2D eigenvalue weighted by Crippen LogP contribution is -2.17. The average molecular weight is 237 g/mol. The minimum absolute atomic E-state index is 0.289. The highest BCUT2D eigenvalue weighted by molar-refractivity contribution is 7.74. The lowest BCUT2D eigenvalue weighted by molar-refractivity contribution is 1.45. The van der Waals surface area contributed by atoms with Crippen LogP contribution in [0.25, 0.3) is 0 Å². The van der Waals surface area contributed by atoms with Gasteiger partial charge in [0.05, 0.1) is 0 Å². The third kappa shape index (κ3) is 2.14. The van der Waals surface area contributed by atoms with Gasteiger partial charge in [0.1, 0.15) is 0 Å². The standard InChI is InChI=1S/C16H14P/c1-2-8-14(9-3-1)17(15-10-4-5-11-15)16-12-6-7-13-16/h1-13,15H/q-1. The monoisotopic (exact) mass is 237 g/mol. The number of allylic oxidation sites excluding steroid dienone is 4. The molecule has 1 aliphatic carbocycles. The van der Waals surface area contributed by atoms with E-state index in [-0.39, 0.29) is 7.92 Å². The number of rotatable bonds is 3. The zero-order valence-electron chi connectivity index (χ0n) is 9.53. The van der Waals surface area contributed by atoms with Crippen molar-refractivity contribution in [2.75, 3.05) is 0 Å². The highest BCUT2D eigenvalue weighted by Gasteiger charge is 2.17. The van der Waals surface area contributed by atoms with Gasteiger partial charge in [0.25, 0.3) is 0 Å². The molecule has 17 heavy (non-hydrogen) atoms. The molecular formula is C16H14P-. The maximum Gasteiger partial charge on any atom is 0.0131 e. The largest absolute Gasteiger partial charge is 0.213 e. The van der Waals surface area contributed by atoms with Gasteiger partial charge in [0, 0.05) is 5.66 Å². The predicted molar refractivity (Wildman–Crippen MR) is 76.7 cm³/mol. The Balaban J connectivity index is 2.03. The summed E-state index contributed by atoms with van der Waals surface area (Å²) in [5.41, 5.74) is 0.551. The molecule has 0 saturated heterocycles. The summed E-state index contributed by atoms with van der Waals surface area (Å²) >= 11 is 0. The summed E-state index contributed by atoms with van der Waals surface area (Å²) in [6.07, 6.45) is 8.94. The Morgan fingerprint density at radius 1 is 0.824 bits per heavy atom. The lowest BCUT2D eigenvalue weighted by Gasteiger charge is -2.26. The molecule has 0 aliphatic heterocycles. The van der Waals surface area contributed by atoms with E-state index in [2.05, 4.69) is 78.9 Å². The van der Waals surface area contributed by atoms with Gasteiger partial charge in [-0.3, -0.25) is 0 Å². The fraction of sp³-hybridized carbons (Fsp3) is 0.0625. The first-order chi connectivity index (χ1) is 8.45. The van der Waals surface area contributed by atoms with Crippen LogP contribution >= 0.6 is 7.92 Å². The van der Waals surface area contributed by atoms with Crippen molar-refractivity contribution in [3.05, 3.63) is 78.9 Å². The molecule has 0 radical (unpaired) electrons. The normalized spacial score (nSPS) is 16.5. The molecule has 1 unspecified atom stereocenters. The molecule has 0 N–H and O–H groups in total. The molecule has 0 heterocycles. The van der Waals surface area contributed by atoms with Crippen molar-refractivity contribution in [2.45, 2.75) is 5.66 Å². The van der Waals surface area contributed by atoms with Crippen molar-refractivity contribution >= 4 is 18.5 Å². The summed E-state index contributed by atoms with van der Waals surface area (Å²) in [5.74, 6) is 0. The molecule has 0 aromatic heterocycles. The van der Waals surface area contributed by atoms with E-state index in [9.17, 15) is 0 Å². The van der Waals surface area contributed by atoms with Gasteiger partial charge in [-0.2, -0.15) is 12.1 Å². The van der Waals surface area contributed by atoms with Crippen molar-refractivity contribution in [3.8, 4) is 0 Å². The summed E-state index contributed by atoms with van der Waals surface area (Å²) < 4.78 is 0. The maximum absolute atomic E-state index is 2.31. The Bertz CT molecular complexity index is 508. The van der Waals surface area contributed by atoms with Crippen LogP contribution in [0.2, 0.25) is 0 Å². The molecule has 2 aromatic rings. The van der Waals surface area contributed by atoms with Gasteiger partial charge in [0.2, 0.25) is 0 Å². The van der Waals surface area contributed by atoms with Crippen molar-refractivity contribution < 1.29 is 0 Å². The zero-order valence-corrected chi connectivity index (χ0v) is 10.4. The van der Waals surface area contributed by atoms with E-state index >= 15 is 0 Å². The van der Waals surface area contributed by atoms with Crippen molar-refractivity contribution in [1.82, 2.24) is 0 Å². The number of hydrogen-bond acceptors (Lipinski definition) is 0. The molecule has 0 bridgehead atoms. The maximum atomic E-state index is 2.31. The van der Waals surface area contributed by atoms with Gasteiger partial charge >= 0.3 is 0 Å². The summed E-state index contributed by atoms with van der Waals surface area (Å²) in [5, 5.41) is 2.92. The second-order valence-corrected chi connectivity index (χ2v) is 6.48. The van der Waals surface area contributed by atoms with E-state index in [0.717, 1.165) is 0 Å². The first kappa shape index (κ1) is 10.6. The SMILES string of the molecule is C1=CC(P(c2ccccc2)[c-]2cccc2)C=C1. The van der Waals surface area contributed by atoms with Crippen molar-refractivity contribution in [2.24, 2.45) is 0 Å². The first-order valence-electron chi connectivity index (χ1n) is 5.86. The Morgan fingerprint density at radius 2 is 1.47 bits per heavy atom. The predicted octanol–water partition coefficient (Wildman–Crippen LogP) is 3.33. The molecule has 0 fully saturated rings. The van der Waals surface area contributed by atoms with Gasteiger partial charge in [0.15, 0.2) is 0 Å². The Labute approximate surface area is 103 Å². The van der Waals surface area contributed by atoms with E-state index in [1.54, 1.807) is 0 Å². The van der Waals surface area contributed by atoms with Crippen LogP contribution < -0.4 is 10.6 Å². The van der Waals surface area contributed by atoms with Crippen LogP contribution in [0.4, 0.5) is 0 Å². The molecule has 1 atom stereocenters. The van der Waals surface area contributed by atoms with E-state index in [1.807, 2.05) is 0 Å². The number of hydrogen-bond donors (Lipinski definition) is 0. The fourth-order valence-corrected chi connectivity index (χ4v) is 4.72. The Morgan fingerprint density at radius 3 is 2.12 bits per heavy atom. The summed E-state index contributed by atoms with van der Waals surface area (Å²) in [7, 11) is -0.289. The quantitative estimate of drug-likeness (QED) is 0.567. The molecular weight excluding hydrogens is 223 g/mol. The average Bonchev–Trinajstić information content (AvgIpc) is 3.04. The van der Waals surface area contributed by atoms with E-state index < -0.39 is 0 Å². The highest BCUT2D eigenvalue weighted by Crippen LogP contribution is 2.42. The molecule has 0 nitrogen and oxygen atoms in total. The molecule has 0 amide bonds. The molecule has 0 spiro atoms. The summed E-state index contributed by atoms with van der Waals surface area (Å²) in [6.45, 7) is 0. The first-order valence-corrected chi connectivity index (χ1v) is 7.27. The zero-order chi connectivity index (χ0) is 11.5. The van der Waals surface area contributed by atoms with E-state index in [1.165, 1.54) is 10.6 Å². The van der Waals surface area contributed by atoms with Gasteiger partial charge in [-0.05, 0) is 5.30 Å². The highest BCUT2D eigenvalue weighted by atomic mass is 31.1. The molecule has 84 valence electrons. The van der Waals surface area contributed by atoms with Crippen molar-refractivity contribution in [3.63, 3.8) is 0 Å². The van der Waals surface area contributed by atoms with Crippen LogP contribution in [0, 0.1) is 0 Å². The van der Waals surface area contributed by atoms with Gasteiger partial charge in [-0.1, -0.05) is 62.6 Å². The summed E-state index contributed by atoms with van der Waals surface area (Å²) in [6, 6.07) is 19.6. The Kier molecular flexibility index (Phi) is 2.98. The van der Waals surface area contributed by atoms with Crippen LogP contribution in [0.3, 0.4) is 0 Å². The molecule has 1 aliphatic rings. The minimum atomic E-state index is -0.289. The third-order valence-electron chi connectivity index (χ3n) is 2.98. The van der Waals surface area contributed by atoms with Crippen molar-refractivity contribution in [1.29, 1.82) is 0 Å². The van der Waals surface area contributed by atoms with E-state index in [0.29, 0.717) is 5.66 Å². The van der Waals surface area contributed by atoms with Gasteiger partial charge < -0.3 is 0 Å². The summed E-state index contributed by atoms with van der Waals surface area (Å²) in [4.78, 5) is 0. The third-order valence-corrected chi connectivity index (χ3v) is 5.63. The molecule has 3 rings (SSSR count). The lowest BCUT2D eigenvalue weighted by atomic mass is 10.4. The van der Waals surface area contributed by atoms with Crippen LogP contribution in [0.1, 0.15) is 0 Å². The van der Waals surface area contributed by atoms with Crippen LogP contribution in [0.15, 0.2) is 78.9 Å². The minimum Gasteiger partial charge on any atom is -0.213 e. The van der Waals surface area contributed by atoms with Crippen LogP contribution in [-0.4, -0.2) is 5.66 Å². The van der Waals surface area contributed by atoms with Crippen LogP contribution in [0.5, 0.6) is 0 Å². The topological polar surface area (TPSA) is 0 Å². The van der Waals surface area contributed by atoms with Gasteiger partial charge in [-0.15, -0.1) is 5.30 Å². The second-order valence-electron chi connectivity index (χ2n) is 4.11. The molecule has 0 saturated carbocycles. The molecule has 1 heteroatoms. The fourth-order valence-electron chi connectivity index (χ4n) is 2.20.